The zero-order chi connectivity index (χ0) is 22.1. The Hall–Kier alpha value is -1.25. The summed E-state index contributed by atoms with van der Waals surface area (Å²) in [5.74, 6) is 1.66. The molecule has 31 heavy (non-hydrogen) atoms. The van der Waals surface area contributed by atoms with Crippen molar-refractivity contribution >= 4 is 5.82 Å². The maximum atomic E-state index is 5.91. The number of nitrogens with one attached hydrogen (secondary N) is 1. The number of hydrogen-bond acceptors (Lipinski definition) is 7. The molecule has 0 aliphatic carbocycles. The fourth-order valence-electron chi connectivity index (χ4n) is 4.21. The van der Waals surface area contributed by atoms with Gasteiger partial charge in [-0.2, -0.15) is 0 Å². The number of ether oxygens (including phenoxy) is 2. The van der Waals surface area contributed by atoms with E-state index in [1.165, 1.54) is 0 Å². The fourth-order valence-corrected chi connectivity index (χ4v) is 4.21. The normalized spacial score (nSPS) is 20.1. The van der Waals surface area contributed by atoms with Gasteiger partial charge in [-0.25, -0.2) is 4.98 Å². The predicted molar refractivity (Wildman–Crippen MR) is 127 cm³/mol. The first-order chi connectivity index (χ1) is 15.1. The third-order valence-electron chi connectivity index (χ3n) is 6.79. The van der Waals surface area contributed by atoms with Crippen molar-refractivity contribution in [1.29, 1.82) is 0 Å². The van der Waals surface area contributed by atoms with Crippen LogP contribution in [0, 0.1) is 5.92 Å². The topological polar surface area (TPSA) is 53.1 Å². The van der Waals surface area contributed by atoms with Gasteiger partial charge in [-0.3, -0.25) is 9.80 Å². The third-order valence-corrected chi connectivity index (χ3v) is 6.79. The minimum absolute atomic E-state index is 0.266. The highest BCUT2D eigenvalue weighted by Gasteiger charge is 2.31. The summed E-state index contributed by atoms with van der Waals surface area (Å²) >= 11 is 0. The Labute approximate surface area is 189 Å². The molecule has 0 aromatic carbocycles. The second-order valence-corrected chi connectivity index (χ2v) is 8.99. The van der Waals surface area contributed by atoms with E-state index >= 15 is 0 Å². The zero-order valence-electron chi connectivity index (χ0n) is 20.1. The second kappa shape index (κ2) is 12.7. The lowest BCUT2D eigenvalue weighted by Gasteiger charge is -2.45. The Balaban J connectivity index is 1.39. The van der Waals surface area contributed by atoms with Crippen molar-refractivity contribution in [1.82, 2.24) is 20.1 Å². The van der Waals surface area contributed by atoms with Crippen LogP contribution in [-0.2, 0) is 16.0 Å². The van der Waals surface area contributed by atoms with Crippen molar-refractivity contribution < 1.29 is 9.47 Å². The highest BCUT2D eigenvalue weighted by Crippen LogP contribution is 2.21. The van der Waals surface area contributed by atoms with Crippen LogP contribution in [0.25, 0.3) is 0 Å². The standard InChI is InChI=1S/C24H43N5O2/c1-5-20(3)23(31-6-2)17-25-16-21-8-7-9-24(26-21)29-18-22(19-29)27(4)10-11-28-12-14-30-15-13-28/h7-9,20,22-23,25H,5-6,10-19H2,1-4H3. The van der Waals surface area contributed by atoms with Crippen molar-refractivity contribution in [2.75, 3.05) is 77.6 Å². The summed E-state index contributed by atoms with van der Waals surface area (Å²) in [6.07, 6.45) is 1.40. The van der Waals surface area contributed by atoms with Crippen LogP contribution in [0.2, 0.25) is 0 Å². The number of pyridine rings is 1. The first-order valence-corrected chi connectivity index (χ1v) is 12.1. The summed E-state index contributed by atoms with van der Waals surface area (Å²) in [6.45, 7) is 17.2. The van der Waals surface area contributed by atoms with Gasteiger partial charge in [0.2, 0.25) is 0 Å². The molecule has 176 valence electrons. The minimum atomic E-state index is 0.266. The van der Waals surface area contributed by atoms with Crippen molar-refractivity contribution in [2.24, 2.45) is 5.92 Å². The molecule has 2 aliphatic heterocycles. The Kier molecular flexibility index (Phi) is 9.99. The van der Waals surface area contributed by atoms with Crippen molar-refractivity contribution in [3.05, 3.63) is 23.9 Å². The molecule has 2 fully saturated rings. The molecule has 2 atom stereocenters. The molecule has 1 aromatic heterocycles. The SMILES string of the molecule is CCOC(CNCc1cccc(N2CC(N(C)CCN3CCOCC3)C2)n1)C(C)CC. The summed E-state index contributed by atoms with van der Waals surface area (Å²) in [6, 6.07) is 6.99. The highest BCUT2D eigenvalue weighted by molar-refractivity contribution is 5.43. The summed E-state index contributed by atoms with van der Waals surface area (Å²) in [4.78, 5) is 12.3. The molecule has 1 N–H and O–H groups in total. The molecule has 0 bridgehead atoms. The van der Waals surface area contributed by atoms with E-state index in [9.17, 15) is 0 Å². The Morgan fingerprint density at radius 1 is 1.26 bits per heavy atom. The van der Waals surface area contributed by atoms with Crippen molar-refractivity contribution in [3.8, 4) is 0 Å². The molecular weight excluding hydrogens is 390 g/mol. The monoisotopic (exact) mass is 433 g/mol. The van der Waals surface area contributed by atoms with E-state index in [0.717, 1.165) is 90.1 Å². The van der Waals surface area contributed by atoms with E-state index in [1.54, 1.807) is 0 Å². The number of morpholine rings is 1. The molecule has 0 spiro atoms. The predicted octanol–water partition coefficient (Wildman–Crippen LogP) is 2.08. The molecule has 7 nitrogen and oxygen atoms in total. The Morgan fingerprint density at radius 2 is 2.03 bits per heavy atom. The summed E-state index contributed by atoms with van der Waals surface area (Å²) < 4.78 is 11.4. The van der Waals surface area contributed by atoms with Crippen LogP contribution in [-0.4, -0.2) is 99.6 Å². The average Bonchev–Trinajstić information content (AvgIpc) is 2.76. The molecule has 2 aliphatic rings. The van der Waals surface area contributed by atoms with E-state index in [0.29, 0.717) is 12.0 Å². The number of nitrogens with zero attached hydrogens (tertiary/aromatic N) is 4. The first-order valence-electron chi connectivity index (χ1n) is 12.1. The lowest BCUT2D eigenvalue weighted by Crippen LogP contribution is -2.59. The van der Waals surface area contributed by atoms with Crippen LogP contribution in [0.5, 0.6) is 0 Å². The maximum Gasteiger partial charge on any atom is 0.128 e. The second-order valence-electron chi connectivity index (χ2n) is 8.99. The molecule has 2 unspecified atom stereocenters. The number of rotatable bonds is 13. The fraction of sp³-hybridized carbons (Fsp3) is 0.792. The molecule has 0 amide bonds. The van der Waals surface area contributed by atoms with Gasteiger partial charge in [0.25, 0.3) is 0 Å². The van der Waals surface area contributed by atoms with Gasteiger partial charge in [-0.05, 0) is 32.0 Å². The van der Waals surface area contributed by atoms with Gasteiger partial charge < -0.3 is 19.7 Å². The van der Waals surface area contributed by atoms with Gasteiger partial charge in [-0.15, -0.1) is 0 Å². The van der Waals surface area contributed by atoms with Crippen LogP contribution < -0.4 is 10.2 Å². The van der Waals surface area contributed by atoms with Gasteiger partial charge in [0.15, 0.2) is 0 Å². The number of likely N-dealkylation sites (N-methyl/N-ethyl adjacent to an activating group) is 1. The molecule has 3 rings (SSSR count). The number of hydrogen-bond donors (Lipinski definition) is 1. The largest absolute Gasteiger partial charge is 0.379 e. The van der Waals surface area contributed by atoms with Gasteiger partial charge in [-0.1, -0.05) is 26.3 Å². The maximum absolute atomic E-state index is 5.91. The Morgan fingerprint density at radius 3 is 2.74 bits per heavy atom. The van der Waals surface area contributed by atoms with E-state index in [-0.39, 0.29) is 6.10 Å². The summed E-state index contributed by atoms with van der Waals surface area (Å²) in [5.41, 5.74) is 1.10. The van der Waals surface area contributed by atoms with Crippen LogP contribution in [0.4, 0.5) is 5.82 Å². The summed E-state index contributed by atoms with van der Waals surface area (Å²) in [5, 5.41) is 3.55. The molecule has 0 saturated carbocycles. The lowest BCUT2D eigenvalue weighted by molar-refractivity contribution is 0.0244. The van der Waals surface area contributed by atoms with Gasteiger partial charge in [0.05, 0.1) is 25.0 Å². The quantitative estimate of drug-likeness (QED) is 0.511. The lowest BCUT2D eigenvalue weighted by atomic mass is 10.0. The summed E-state index contributed by atoms with van der Waals surface area (Å²) in [7, 11) is 2.25. The number of anilines is 1. The first kappa shape index (κ1) is 24.4. The number of aromatic nitrogens is 1. The van der Waals surface area contributed by atoms with Crippen molar-refractivity contribution in [3.63, 3.8) is 0 Å². The van der Waals surface area contributed by atoms with Gasteiger partial charge in [0.1, 0.15) is 5.82 Å². The molecular formula is C24H43N5O2. The minimum Gasteiger partial charge on any atom is -0.379 e. The van der Waals surface area contributed by atoms with E-state index in [2.05, 4.69) is 66.0 Å². The zero-order valence-corrected chi connectivity index (χ0v) is 20.1. The third kappa shape index (κ3) is 7.39. The smallest absolute Gasteiger partial charge is 0.128 e. The van der Waals surface area contributed by atoms with Crippen LogP contribution in [0.3, 0.4) is 0 Å². The van der Waals surface area contributed by atoms with Crippen molar-refractivity contribution in [2.45, 2.75) is 45.9 Å². The van der Waals surface area contributed by atoms with Gasteiger partial charge >= 0.3 is 0 Å². The van der Waals surface area contributed by atoms with E-state index < -0.39 is 0 Å². The van der Waals surface area contributed by atoms with E-state index in [1.807, 2.05) is 0 Å². The highest BCUT2D eigenvalue weighted by atomic mass is 16.5. The molecule has 2 saturated heterocycles. The van der Waals surface area contributed by atoms with Crippen LogP contribution >= 0.6 is 0 Å². The molecule has 3 heterocycles. The van der Waals surface area contributed by atoms with E-state index in [4.69, 9.17) is 14.5 Å². The molecule has 7 heteroatoms. The van der Waals surface area contributed by atoms with Crippen LogP contribution in [0.15, 0.2) is 18.2 Å². The average molecular weight is 434 g/mol. The molecule has 1 aromatic rings. The Bertz CT molecular complexity index is 634. The van der Waals surface area contributed by atoms with Gasteiger partial charge in [0, 0.05) is 65.0 Å². The molecule has 0 radical (unpaired) electrons. The van der Waals surface area contributed by atoms with Crippen LogP contribution in [0.1, 0.15) is 32.9 Å².